The van der Waals surface area contributed by atoms with Crippen LogP contribution < -0.4 is 0 Å². The summed E-state index contributed by atoms with van der Waals surface area (Å²) in [7, 11) is 0. The highest BCUT2D eigenvalue weighted by Crippen LogP contribution is 2.36. The van der Waals surface area contributed by atoms with E-state index in [4.69, 9.17) is 47.4 Å². The minimum absolute atomic E-state index is 0.0711. The van der Waals surface area contributed by atoms with E-state index in [1.807, 2.05) is 91.0 Å². The van der Waals surface area contributed by atoms with Crippen LogP contribution in [0.5, 0.6) is 0 Å². The van der Waals surface area contributed by atoms with Gasteiger partial charge < -0.3 is 52.5 Å². The maximum absolute atomic E-state index is 14.1. The molecule has 2 saturated heterocycles. The van der Waals surface area contributed by atoms with Gasteiger partial charge in [-0.25, -0.2) is 19.2 Å². The van der Waals surface area contributed by atoms with E-state index in [1.54, 1.807) is 109 Å². The van der Waals surface area contributed by atoms with Crippen molar-refractivity contribution >= 4 is 23.9 Å². The molecule has 2 aliphatic heterocycles. The van der Waals surface area contributed by atoms with Gasteiger partial charge in [0.05, 0.1) is 60.7 Å². The Kier molecular flexibility index (Phi) is 19.1. The molecule has 2 heterocycles. The molecule has 2 fully saturated rings. The highest BCUT2D eigenvalue weighted by atomic mass is 16.7. The Morgan fingerprint density at radius 3 is 1.16 bits per heavy atom. The van der Waals surface area contributed by atoms with Crippen LogP contribution in [-0.2, 0) is 67.2 Å². The third-order valence-corrected chi connectivity index (χ3v) is 13.0. The fourth-order valence-electron chi connectivity index (χ4n) is 9.00. The molecule has 7 aromatic rings. The maximum Gasteiger partial charge on any atom is 0.338 e. The van der Waals surface area contributed by atoms with Crippen molar-refractivity contribution in [3.63, 3.8) is 0 Å². The summed E-state index contributed by atoms with van der Waals surface area (Å²) in [5.41, 5.74) is 3.40. The van der Waals surface area contributed by atoms with Gasteiger partial charge >= 0.3 is 23.9 Å². The zero-order valence-corrected chi connectivity index (χ0v) is 41.9. The molecule has 396 valence electrons. The lowest BCUT2D eigenvalue weighted by molar-refractivity contribution is -0.339. The van der Waals surface area contributed by atoms with Crippen molar-refractivity contribution in [1.82, 2.24) is 0 Å². The average molecular weight is 1040 g/mol. The number of hydrogen-bond acceptors (Lipinski definition) is 15. The molecule has 1 N–H and O–H groups in total. The number of aliphatic hydroxyl groups is 1. The van der Waals surface area contributed by atoms with Crippen LogP contribution in [-0.4, -0.2) is 104 Å². The van der Waals surface area contributed by atoms with Gasteiger partial charge in [0.15, 0.2) is 24.8 Å². The molecule has 0 aliphatic carbocycles. The molecule has 0 spiro atoms. The van der Waals surface area contributed by atoms with Crippen LogP contribution in [0.25, 0.3) is 0 Å². The number of carbonyl (C=O) groups excluding carboxylic acids is 4. The number of esters is 4. The largest absolute Gasteiger partial charge is 0.462 e. The van der Waals surface area contributed by atoms with Gasteiger partial charge in [-0.2, -0.15) is 0 Å². The van der Waals surface area contributed by atoms with Crippen LogP contribution in [0.1, 0.15) is 58.1 Å². The Morgan fingerprint density at radius 2 is 0.714 bits per heavy atom. The Hall–Kier alpha value is -7.86. The number of hydrogen-bond donors (Lipinski definition) is 1. The maximum atomic E-state index is 14.1. The van der Waals surface area contributed by atoms with Gasteiger partial charge in [-0.1, -0.05) is 164 Å². The molecule has 15 nitrogen and oxygen atoms in total. The Morgan fingerprint density at radius 1 is 0.351 bits per heavy atom. The van der Waals surface area contributed by atoms with Crippen LogP contribution >= 0.6 is 0 Å². The fraction of sp³-hybridized carbons (Fsp3) is 0.258. The second-order valence-electron chi connectivity index (χ2n) is 18.3. The summed E-state index contributed by atoms with van der Waals surface area (Å²) >= 11 is 0. The lowest BCUT2D eigenvalue weighted by Crippen LogP contribution is -2.63. The molecule has 7 aromatic carbocycles. The second-order valence-corrected chi connectivity index (χ2v) is 18.3. The Bertz CT molecular complexity index is 2920. The quantitative estimate of drug-likeness (QED) is 0.0502. The van der Waals surface area contributed by atoms with E-state index in [2.05, 4.69) is 0 Å². The summed E-state index contributed by atoms with van der Waals surface area (Å²) in [5, 5.41) is 11.9. The first kappa shape index (κ1) is 53.9. The SMILES string of the molecule is O=C(OCC1C(CO[C@@H]2O[C@H](COC(=O)c3ccccc3)[C@@H](OCc3ccccc3)[C@@H](OCc3ccccc3)[C@@H]2OCc2ccccc2)OC(O)C(OC(=O)c2ccccc2)C1OC(=O)c1ccccc1)c1ccccc1. The van der Waals surface area contributed by atoms with Gasteiger partial charge in [-0.3, -0.25) is 0 Å². The van der Waals surface area contributed by atoms with Crippen LogP contribution in [0.3, 0.4) is 0 Å². The molecule has 5 unspecified atom stereocenters. The van der Waals surface area contributed by atoms with Gasteiger partial charge in [0.1, 0.15) is 37.6 Å². The van der Waals surface area contributed by atoms with Crippen molar-refractivity contribution < 1.29 is 71.7 Å². The van der Waals surface area contributed by atoms with Crippen LogP contribution in [0, 0.1) is 5.92 Å². The van der Waals surface area contributed by atoms with Crippen molar-refractivity contribution in [3.8, 4) is 0 Å². The third-order valence-electron chi connectivity index (χ3n) is 13.0. The summed E-state index contributed by atoms with van der Waals surface area (Å²) < 4.78 is 64.4. The molecule has 77 heavy (non-hydrogen) atoms. The summed E-state index contributed by atoms with van der Waals surface area (Å²) in [5.74, 6) is -4.14. The number of benzene rings is 7. The van der Waals surface area contributed by atoms with Crippen molar-refractivity contribution in [2.45, 2.75) is 75.1 Å². The van der Waals surface area contributed by atoms with Crippen molar-refractivity contribution in [3.05, 3.63) is 251 Å². The Labute approximate surface area is 446 Å². The van der Waals surface area contributed by atoms with E-state index in [0.29, 0.717) is 5.56 Å². The standard InChI is InChI=1S/C62H58O15/c63-57(45-28-14-4-15-29-45)71-39-49-50(74-61(67)55(77-60(66)48-34-20-7-21-35-48)52(49)76-59(65)47-32-18-6-19-33-47)40-73-62-56(70-38-44-26-12-3-13-27-44)54(69-37-43-24-10-2-11-25-43)53(68-36-42-22-8-1-9-23-42)51(75-62)41-72-58(64)46-30-16-5-17-31-46/h1-35,49-56,61-62,67H,36-41H2/t49?,50?,51-,52?,53-,54-,55?,56+,61?,62-/m1/s1. The number of carbonyl (C=O) groups is 4. The zero-order valence-electron chi connectivity index (χ0n) is 41.9. The fourth-order valence-corrected chi connectivity index (χ4v) is 9.00. The van der Waals surface area contributed by atoms with Gasteiger partial charge in [0.25, 0.3) is 0 Å². The molecule has 0 saturated carbocycles. The summed E-state index contributed by atoms with van der Waals surface area (Å²) in [6.07, 6.45) is -11.7. The number of aliphatic hydroxyl groups excluding tert-OH is 1. The predicted molar refractivity (Wildman–Crippen MR) is 279 cm³/mol. The minimum Gasteiger partial charge on any atom is -0.462 e. The summed E-state index contributed by atoms with van der Waals surface area (Å²) in [6.45, 7) is -0.924. The molecular formula is C62H58O15. The predicted octanol–water partition coefficient (Wildman–Crippen LogP) is 8.98. The summed E-state index contributed by atoms with van der Waals surface area (Å²) in [4.78, 5) is 55.1. The average Bonchev–Trinajstić information content (AvgIpc) is 3.50. The van der Waals surface area contributed by atoms with Crippen molar-refractivity contribution in [2.24, 2.45) is 5.92 Å². The molecular weight excluding hydrogens is 985 g/mol. The molecule has 15 heteroatoms. The van der Waals surface area contributed by atoms with Crippen LogP contribution in [0.15, 0.2) is 212 Å². The molecule has 10 atom stereocenters. The van der Waals surface area contributed by atoms with E-state index in [1.165, 1.54) is 12.1 Å². The van der Waals surface area contributed by atoms with Crippen LogP contribution in [0.4, 0.5) is 0 Å². The smallest absolute Gasteiger partial charge is 0.338 e. The third kappa shape index (κ3) is 14.8. The first-order valence-corrected chi connectivity index (χ1v) is 25.3. The van der Waals surface area contributed by atoms with E-state index in [9.17, 15) is 24.3 Å². The van der Waals surface area contributed by atoms with E-state index >= 15 is 0 Å². The number of ether oxygens (including phenoxy) is 10. The molecule has 0 bridgehead atoms. The highest BCUT2D eigenvalue weighted by Gasteiger charge is 2.53. The summed E-state index contributed by atoms with van der Waals surface area (Å²) in [6, 6.07) is 61.6. The van der Waals surface area contributed by atoms with Crippen LogP contribution in [0.2, 0.25) is 0 Å². The monoisotopic (exact) mass is 1040 g/mol. The van der Waals surface area contributed by atoms with Crippen molar-refractivity contribution in [2.75, 3.05) is 19.8 Å². The zero-order chi connectivity index (χ0) is 53.2. The normalized spacial score (nSPS) is 23.0. The second kappa shape index (κ2) is 27.3. The first-order chi connectivity index (χ1) is 37.8. The van der Waals surface area contributed by atoms with E-state index in [-0.39, 0.29) is 43.1 Å². The van der Waals surface area contributed by atoms with Gasteiger partial charge in [0, 0.05) is 0 Å². The molecule has 0 radical (unpaired) electrons. The van der Waals surface area contributed by atoms with E-state index < -0.39 is 98.3 Å². The van der Waals surface area contributed by atoms with E-state index in [0.717, 1.165) is 16.7 Å². The lowest BCUT2D eigenvalue weighted by atomic mass is 9.89. The topological polar surface area (TPSA) is 181 Å². The minimum atomic E-state index is -1.91. The van der Waals surface area contributed by atoms with Crippen molar-refractivity contribution in [1.29, 1.82) is 0 Å². The molecule has 9 rings (SSSR count). The lowest BCUT2D eigenvalue weighted by Gasteiger charge is -2.47. The highest BCUT2D eigenvalue weighted by molar-refractivity contribution is 5.91. The first-order valence-electron chi connectivity index (χ1n) is 25.3. The number of rotatable bonds is 22. The van der Waals surface area contributed by atoms with Gasteiger partial charge in [-0.15, -0.1) is 0 Å². The molecule has 0 aromatic heterocycles. The van der Waals surface area contributed by atoms with Gasteiger partial charge in [0.2, 0.25) is 0 Å². The molecule has 2 aliphatic rings. The Balaban J connectivity index is 1.07. The van der Waals surface area contributed by atoms with Gasteiger partial charge in [-0.05, 0) is 65.2 Å². The molecule has 0 amide bonds.